The molecule has 2 aliphatic rings. The summed E-state index contributed by atoms with van der Waals surface area (Å²) in [4.78, 5) is 14.5. The first-order valence-electron chi connectivity index (χ1n) is 9.00. The van der Waals surface area contributed by atoms with Crippen LogP contribution >= 0.6 is 0 Å². The van der Waals surface area contributed by atoms with Crippen molar-refractivity contribution in [2.24, 2.45) is 5.92 Å². The lowest BCUT2D eigenvalue weighted by molar-refractivity contribution is -0.120. The Hall–Kier alpha value is -2.26. The molecule has 1 saturated heterocycles. The molecule has 1 aliphatic heterocycles. The van der Waals surface area contributed by atoms with Crippen molar-refractivity contribution in [1.29, 1.82) is 5.26 Å². The van der Waals surface area contributed by atoms with E-state index in [2.05, 4.69) is 21.6 Å². The second kappa shape index (κ2) is 7.32. The minimum atomic E-state index is -0.763. The first-order chi connectivity index (χ1) is 12.0. The van der Waals surface area contributed by atoms with Crippen LogP contribution in [0.25, 0.3) is 0 Å². The Balaban J connectivity index is 1.60. The zero-order valence-corrected chi connectivity index (χ0v) is 14.7. The zero-order chi connectivity index (χ0) is 17.9. The molecule has 3 N–H and O–H groups in total. The van der Waals surface area contributed by atoms with Crippen LogP contribution < -0.4 is 15.5 Å². The number of aliphatic hydroxyl groups is 1. The predicted molar refractivity (Wildman–Crippen MR) is 97.3 cm³/mol. The smallest absolute Gasteiger partial charge is 0.240 e. The van der Waals surface area contributed by atoms with Crippen molar-refractivity contribution in [2.45, 2.75) is 44.2 Å². The third-order valence-corrected chi connectivity index (χ3v) is 5.17. The van der Waals surface area contributed by atoms with Crippen LogP contribution in [0.5, 0.6) is 0 Å². The Morgan fingerprint density at radius 3 is 2.64 bits per heavy atom. The summed E-state index contributed by atoms with van der Waals surface area (Å²) in [6.45, 7) is 3.55. The molecule has 1 unspecified atom stereocenters. The molecule has 1 amide bonds. The number of hydrogen-bond donors (Lipinski definition) is 3. The maximum atomic E-state index is 12.3. The molecule has 1 aromatic rings. The summed E-state index contributed by atoms with van der Waals surface area (Å²) >= 11 is 0. The summed E-state index contributed by atoms with van der Waals surface area (Å²) in [5.74, 6) is 0.105. The Morgan fingerprint density at radius 1 is 1.32 bits per heavy atom. The van der Waals surface area contributed by atoms with Gasteiger partial charge in [0.2, 0.25) is 5.91 Å². The van der Waals surface area contributed by atoms with Gasteiger partial charge in [0.25, 0.3) is 0 Å². The SMILES string of the molecule is CC(C#N)(NC(=O)CNc1ccccc1N1CCC(O)CC1)C1CC1. The van der Waals surface area contributed by atoms with Crippen LogP contribution in [0.15, 0.2) is 24.3 Å². The van der Waals surface area contributed by atoms with Crippen LogP contribution in [-0.4, -0.2) is 42.3 Å². The van der Waals surface area contributed by atoms with Gasteiger partial charge in [-0.15, -0.1) is 0 Å². The lowest BCUT2D eigenvalue weighted by Gasteiger charge is -2.33. The van der Waals surface area contributed by atoms with Crippen molar-refractivity contribution in [3.63, 3.8) is 0 Å². The third-order valence-electron chi connectivity index (χ3n) is 5.17. The number of carbonyl (C=O) groups excluding carboxylic acids is 1. The fourth-order valence-corrected chi connectivity index (χ4v) is 3.40. The quantitative estimate of drug-likeness (QED) is 0.734. The maximum absolute atomic E-state index is 12.3. The number of nitriles is 1. The molecule has 0 aromatic heterocycles. The number of piperidine rings is 1. The highest BCUT2D eigenvalue weighted by molar-refractivity contribution is 5.83. The average molecular weight is 342 g/mol. The van der Waals surface area contributed by atoms with Crippen molar-refractivity contribution in [3.8, 4) is 6.07 Å². The standard InChI is InChI=1S/C19H26N4O2/c1-19(13-20,14-6-7-14)22-18(25)12-21-16-4-2-3-5-17(16)23-10-8-15(24)9-11-23/h2-5,14-15,21,24H,6-12H2,1H3,(H,22,25). The van der Waals surface area contributed by atoms with E-state index < -0.39 is 5.54 Å². The lowest BCUT2D eigenvalue weighted by Crippen LogP contribution is -2.48. The van der Waals surface area contributed by atoms with Crippen molar-refractivity contribution >= 4 is 17.3 Å². The van der Waals surface area contributed by atoms with Crippen molar-refractivity contribution in [3.05, 3.63) is 24.3 Å². The largest absolute Gasteiger partial charge is 0.393 e. The van der Waals surface area contributed by atoms with Gasteiger partial charge in [-0.05, 0) is 50.7 Å². The molecular formula is C19H26N4O2. The molecule has 134 valence electrons. The highest BCUT2D eigenvalue weighted by Crippen LogP contribution is 2.39. The van der Waals surface area contributed by atoms with E-state index in [1.807, 2.05) is 24.3 Å². The monoisotopic (exact) mass is 342 g/mol. The number of nitrogens with one attached hydrogen (secondary N) is 2. The normalized spacial score (nSPS) is 20.4. The van der Waals surface area contributed by atoms with Crippen LogP contribution in [0.2, 0.25) is 0 Å². The van der Waals surface area contributed by atoms with E-state index >= 15 is 0 Å². The molecule has 6 heteroatoms. The van der Waals surface area contributed by atoms with Gasteiger partial charge in [-0.1, -0.05) is 12.1 Å². The minimum absolute atomic E-state index is 0.136. The molecule has 1 atom stereocenters. The summed E-state index contributed by atoms with van der Waals surface area (Å²) in [6.07, 6.45) is 3.31. The topological polar surface area (TPSA) is 88.4 Å². The summed E-state index contributed by atoms with van der Waals surface area (Å²) in [5.41, 5.74) is 1.19. The molecule has 2 fully saturated rings. The van der Waals surface area contributed by atoms with Gasteiger partial charge in [-0.2, -0.15) is 5.26 Å². The van der Waals surface area contributed by atoms with E-state index in [1.165, 1.54) is 0 Å². The number of carbonyl (C=O) groups is 1. The Labute approximate surface area is 148 Å². The predicted octanol–water partition coefficient (Wildman–Crippen LogP) is 1.87. The molecule has 1 aromatic carbocycles. The van der Waals surface area contributed by atoms with Gasteiger partial charge in [0.1, 0.15) is 5.54 Å². The molecule has 0 radical (unpaired) electrons. The molecule has 0 bridgehead atoms. The number of nitrogens with zero attached hydrogens (tertiary/aromatic N) is 2. The van der Waals surface area contributed by atoms with Gasteiger partial charge in [0.15, 0.2) is 0 Å². The fourth-order valence-electron chi connectivity index (χ4n) is 3.40. The Morgan fingerprint density at radius 2 is 2.00 bits per heavy atom. The number of aliphatic hydroxyl groups excluding tert-OH is 1. The summed E-state index contributed by atoms with van der Waals surface area (Å²) in [6, 6.07) is 10.1. The number of hydrogen-bond acceptors (Lipinski definition) is 5. The van der Waals surface area contributed by atoms with Crippen molar-refractivity contribution in [1.82, 2.24) is 5.32 Å². The number of rotatable bonds is 6. The highest BCUT2D eigenvalue weighted by Gasteiger charge is 2.42. The lowest BCUT2D eigenvalue weighted by atomic mass is 9.98. The number of para-hydroxylation sites is 2. The second-order valence-corrected chi connectivity index (χ2v) is 7.23. The Bertz CT molecular complexity index is 660. The van der Waals surface area contributed by atoms with Gasteiger partial charge in [-0.25, -0.2) is 0 Å². The fraction of sp³-hybridized carbons (Fsp3) is 0.579. The van der Waals surface area contributed by atoms with Crippen LogP contribution in [0.3, 0.4) is 0 Å². The number of anilines is 2. The first-order valence-corrected chi connectivity index (χ1v) is 9.00. The summed E-state index contributed by atoms with van der Waals surface area (Å²) in [5, 5.41) is 25.1. The molecule has 1 heterocycles. The van der Waals surface area contributed by atoms with E-state index in [0.717, 1.165) is 50.1 Å². The third kappa shape index (κ3) is 4.23. The molecule has 6 nitrogen and oxygen atoms in total. The Kier molecular flexibility index (Phi) is 5.14. The average Bonchev–Trinajstić information content (AvgIpc) is 3.46. The van der Waals surface area contributed by atoms with E-state index in [-0.39, 0.29) is 24.5 Å². The van der Waals surface area contributed by atoms with Crippen molar-refractivity contribution in [2.75, 3.05) is 29.9 Å². The van der Waals surface area contributed by atoms with Gasteiger partial charge >= 0.3 is 0 Å². The maximum Gasteiger partial charge on any atom is 0.240 e. The molecule has 0 spiro atoms. The van der Waals surface area contributed by atoms with E-state index in [4.69, 9.17) is 0 Å². The van der Waals surface area contributed by atoms with Gasteiger partial charge in [0.05, 0.1) is 30.1 Å². The van der Waals surface area contributed by atoms with Crippen LogP contribution in [0.1, 0.15) is 32.6 Å². The molecular weight excluding hydrogens is 316 g/mol. The highest BCUT2D eigenvalue weighted by atomic mass is 16.3. The van der Waals surface area contributed by atoms with Crippen LogP contribution in [0, 0.1) is 17.2 Å². The van der Waals surface area contributed by atoms with E-state index in [9.17, 15) is 15.2 Å². The first kappa shape index (κ1) is 17.6. The van der Waals surface area contributed by atoms with Crippen LogP contribution in [-0.2, 0) is 4.79 Å². The zero-order valence-electron chi connectivity index (χ0n) is 14.7. The summed E-state index contributed by atoms with van der Waals surface area (Å²) < 4.78 is 0. The summed E-state index contributed by atoms with van der Waals surface area (Å²) in [7, 11) is 0. The van der Waals surface area contributed by atoms with Gasteiger partial charge < -0.3 is 20.6 Å². The van der Waals surface area contributed by atoms with E-state index in [0.29, 0.717) is 0 Å². The van der Waals surface area contributed by atoms with E-state index in [1.54, 1.807) is 6.92 Å². The number of amides is 1. The molecule has 1 aliphatic carbocycles. The molecule has 3 rings (SSSR count). The number of benzene rings is 1. The van der Waals surface area contributed by atoms with Crippen LogP contribution in [0.4, 0.5) is 11.4 Å². The minimum Gasteiger partial charge on any atom is -0.393 e. The second-order valence-electron chi connectivity index (χ2n) is 7.23. The van der Waals surface area contributed by atoms with Crippen molar-refractivity contribution < 1.29 is 9.90 Å². The molecule has 25 heavy (non-hydrogen) atoms. The van der Waals surface area contributed by atoms with Gasteiger partial charge in [-0.3, -0.25) is 4.79 Å². The van der Waals surface area contributed by atoms with Gasteiger partial charge in [0, 0.05) is 13.1 Å². The molecule has 1 saturated carbocycles.